The van der Waals surface area contributed by atoms with E-state index in [1.807, 2.05) is 42.2 Å². The summed E-state index contributed by atoms with van der Waals surface area (Å²) in [6.07, 6.45) is 0.383. The maximum atomic E-state index is 13.0. The highest BCUT2D eigenvalue weighted by atomic mass is 16.5. The normalized spacial score (nSPS) is 21.9. The van der Waals surface area contributed by atoms with E-state index >= 15 is 0 Å². The molecule has 1 fully saturated rings. The van der Waals surface area contributed by atoms with Crippen LogP contribution in [0.4, 0.5) is 0 Å². The van der Waals surface area contributed by atoms with Crippen LogP contribution in [0.2, 0.25) is 0 Å². The summed E-state index contributed by atoms with van der Waals surface area (Å²) in [5, 5.41) is 3.00. The number of hydrogen-bond acceptors (Lipinski definition) is 6. The Morgan fingerprint density at radius 1 is 1.21 bits per heavy atom. The van der Waals surface area contributed by atoms with E-state index < -0.39 is 5.91 Å². The standard InChI is InChI=1S/C25H30N4O5/c1-16-6-7-18-11-22(16)34-19-5-3-4-17(10-19)15-33-21-8-9-29(13-23(26)30)12-20(21)27-24(31)14-28(2)25(18)32/h3-7,10-11,20-21H,8-9,12-15H2,1-2H3,(H2,26,30)(H,27,31)/t20-,21+/m0/s1. The zero-order valence-corrected chi connectivity index (χ0v) is 19.5. The minimum absolute atomic E-state index is 0.110. The third-order valence-electron chi connectivity index (χ3n) is 6.11. The van der Waals surface area contributed by atoms with Crippen molar-refractivity contribution in [2.24, 2.45) is 5.73 Å². The minimum atomic E-state index is -0.418. The van der Waals surface area contributed by atoms with E-state index in [2.05, 4.69) is 5.32 Å². The second-order valence-corrected chi connectivity index (χ2v) is 8.90. The van der Waals surface area contributed by atoms with Gasteiger partial charge in [-0.05, 0) is 48.7 Å². The second kappa shape index (κ2) is 10.2. The van der Waals surface area contributed by atoms with Crippen LogP contribution >= 0.6 is 0 Å². The molecule has 0 unspecified atom stereocenters. The summed E-state index contributed by atoms with van der Waals surface area (Å²) in [6.45, 7) is 3.34. The van der Waals surface area contributed by atoms with Crippen LogP contribution in [-0.2, 0) is 20.9 Å². The smallest absolute Gasteiger partial charge is 0.254 e. The molecule has 3 amide bonds. The van der Waals surface area contributed by atoms with Gasteiger partial charge in [-0.15, -0.1) is 0 Å². The van der Waals surface area contributed by atoms with E-state index in [1.165, 1.54) is 4.90 Å². The molecule has 2 aromatic rings. The van der Waals surface area contributed by atoms with E-state index in [4.69, 9.17) is 15.2 Å². The highest BCUT2D eigenvalue weighted by Gasteiger charge is 2.32. The first kappa shape index (κ1) is 23.7. The van der Waals surface area contributed by atoms with Gasteiger partial charge < -0.3 is 25.4 Å². The number of nitrogens with one attached hydrogen (secondary N) is 1. The molecule has 4 bridgehead atoms. The number of fused-ring (bicyclic) bond motifs is 5. The monoisotopic (exact) mass is 466 g/mol. The number of carbonyl (C=O) groups excluding carboxylic acids is 3. The molecule has 2 atom stereocenters. The van der Waals surface area contributed by atoms with Crippen molar-refractivity contribution < 1.29 is 23.9 Å². The summed E-state index contributed by atoms with van der Waals surface area (Å²) in [6, 6.07) is 12.5. The van der Waals surface area contributed by atoms with Crippen molar-refractivity contribution in [3.8, 4) is 11.5 Å². The Bertz CT molecular complexity index is 1090. The number of piperidine rings is 1. The first-order chi connectivity index (χ1) is 16.3. The highest BCUT2D eigenvalue weighted by Crippen LogP contribution is 2.28. The molecular formula is C25H30N4O5. The molecule has 0 spiro atoms. The number of hydrogen-bond donors (Lipinski definition) is 2. The molecule has 0 aromatic heterocycles. The van der Waals surface area contributed by atoms with Crippen LogP contribution in [-0.4, -0.2) is 72.9 Å². The van der Waals surface area contributed by atoms with Gasteiger partial charge in [-0.25, -0.2) is 0 Å². The lowest BCUT2D eigenvalue weighted by molar-refractivity contribution is -0.125. The summed E-state index contributed by atoms with van der Waals surface area (Å²) >= 11 is 0. The van der Waals surface area contributed by atoms with Crippen LogP contribution in [0.15, 0.2) is 42.5 Å². The predicted octanol–water partition coefficient (Wildman–Crippen LogP) is 1.43. The number of likely N-dealkylation sites (N-methyl/N-ethyl adjacent to an activating group) is 1. The van der Waals surface area contributed by atoms with Gasteiger partial charge in [0.25, 0.3) is 5.91 Å². The summed E-state index contributed by atoms with van der Waals surface area (Å²) < 4.78 is 12.3. The van der Waals surface area contributed by atoms with Crippen molar-refractivity contribution >= 4 is 17.7 Å². The minimum Gasteiger partial charge on any atom is -0.457 e. The highest BCUT2D eigenvalue weighted by molar-refractivity contribution is 5.96. The zero-order valence-electron chi connectivity index (χ0n) is 19.5. The maximum Gasteiger partial charge on any atom is 0.254 e. The summed E-state index contributed by atoms with van der Waals surface area (Å²) in [5.74, 6) is 0.227. The molecule has 2 aliphatic heterocycles. The van der Waals surface area contributed by atoms with Gasteiger partial charge in [0.15, 0.2) is 0 Å². The molecule has 34 heavy (non-hydrogen) atoms. The number of amides is 3. The average Bonchev–Trinajstić information content (AvgIpc) is 2.79. The SMILES string of the molecule is Cc1ccc2cc1Oc1cccc(c1)CO[C@@H]1CCN(CC(N)=O)C[C@@H]1NC(=O)CN(C)C2=O. The van der Waals surface area contributed by atoms with Gasteiger partial charge in [0, 0.05) is 25.7 Å². The summed E-state index contributed by atoms with van der Waals surface area (Å²) in [4.78, 5) is 40.5. The molecular weight excluding hydrogens is 436 g/mol. The number of primary amides is 1. The van der Waals surface area contributed by atoms with Crippen molar-refractivity contribution in [1.29, 1.82) is 0 Å². The first-order valence-corrected chi connectivity index (χ1v) is 11.3. The Balaban J connectivity index is 1.63. The predicted molar refractivity (Wildman–Crippen MR) is 125 cm³/mol. The van der Waals surface area contributed by atoms with Gasteiger partial charge in [0.2, 0.25) is 11.8 Å². The van der Waals surface area contributed by atoms with Gasteiger partial charge in [-0.3, -0.25) is 19.3 Å². The molecule has 2 aromatic carbocycles. The van der Waals surface area contributed by atoms with E-state index in [0.29, 0.717) is 43.2 Å². The molecule has 9 heteroatoms. The zero-order chi connectivity index (χ0) is 24.2. The Hall–Kier alpha value is -3.43. The largest absolute Gasteiger partial charge is 0.457 e. The third kappa shape index (κ3) is 5.73. The van der Waals surface area contributed by atoms with Gasteiger partial charge in [-0.2, -0.15) is 0 Å². The van der Waals surface area contributed by atoms with Gasteiger partial charge in [0.05, 0.1) is 31.8 Å². The molecule has 4 rings (SSSR count). The van der Waals surface area contributed by atoms with Crippen molar-refractivity contribution in [3.63, 3.8) is 0 Å². The number of aryl methyl sites for hydroxylation is 1. The molecule has 1 saturated heterocycles. The fourth-order valence-electron chi connectivity index (χ4n) is 4.33. The van der Waals surface area contributed by atoms with Crippen LogP contribution in [0.5, 0.6) is 11.5 Å². The molecule has 180 valence electrons. The maximum absolute atomic E-state index is 13.0. The second-order valence-electron chi connectivity index (χ2n) is 8.90. The third-order valence-corrected chi connectivity index (χ3v) is 6.11. The Labute approximate surface area is 198 Å². The van der Waals surface area contributed by atoms with Crippen LogP contribution in [0.1, 0.15) is 27.9 Å². The van der Waals surface area contributed by atoms with Crippen LogP contribution < -0.4 is 15.8 Å². The number of nitrogens with zero attached hydrogens (tertiary/aromatic N) is 2. The Morgan fingerprint density at radius 3 is 2.82 bits per heavy atom. The number of rotatable bonds is 2. The Morgan fingerprint density at radius 2 is 2.03 bits per heavy atom. The van der Waals surface area contributed by atoms with Gasteiger partial charge in [0.1, 0.15) is 11.5 Å². The molecule has 0 saturated carbocycles. The number of nitrogens with two attached hydrogens (primary N) is 1. The molecule has 2 heterocycles. The fraction of sp³-hybridized carbons (Fsp3) is 0.400. The van der Waals surface area contributed by atoms with Crippen molar-refractivity contribution in [1.82, 2.24) is 15.1 Å². The fourth-order valence-corrected chi connectivity index (χ4v) is 4.33. The average molecular weight is 467 g/mol. The number of likely N-dealkylation sites (tertiary alicyclic amines) is 1. The van der Waals surface area contributed by atoms with E-state index in [1.54, 1.807) is 19.2 Å². The van der Waals surface area contributed by atoms with Crippen LogP contribution in [0.3, 0.4) is 0 Å². The molecule has 0 aliphatic carbocycles. The molecule has 9 nitrogen and oxygen atoms in total. The first-order valence-electron chi connectivity index (χ1n) is 11.3. The summed E-state index contributed by atoms with van der Waals surface area (Å²) in [5.41, 5.74) is 7.63. The van der Waals surface area contributed by atoms with Crippen molar-refractivity contribution in [3.05, 3.63) is 59.2 Å². The summed E-state index contributed by atoms with van der Waals surface area (Å²) in [7, 11) is 1.59. The lowest BCUT2D eigenvalue weighted by Gasteiger charge is -2.38. The van der Waals surface area contributed by atoms with Crippen molar-refractivity contribution in [2.45, 2.75) is 32.1 Å². The van der Waals surface area contributed by atoms with Gasteiger partial charge >= 0.3 is 0 Å². The van der Waals surface area contributed by atoms with E-state index in [-0.39, 0.29) is 37.0 Å². The Kier molecular flexibility index (Phi) is 7.14. The van der Waals surface area contributed by atoms with E-state index in [9.17, 15) is 14.4 Å². The lowest BCUT2D eigenvalue weighted by Crippen LogP contribution is -2.58. The topological polar surface area (TPSA) is 114 Å². The van der Waals surface area contributed by atoms with E-state index in [0.717, 1.165) is 11.1 Å². The lowest BCUT2D eigenvalue weighted by atomic mass is 10.0. The molecule has 0 radical (unpaired) electrons. The molecule has 2 aliphatic rings. The van der Waals surface area contributed by atoms with Crippen LogP contribution in [0.25, 0.3) is 0 Å². The van der Waals surface area contributed by atoms with Crippen LogP contribution in [0, 0.1) is 6.92 Å². The quantitative estimate of drug-likeness (QED) is 0.692. The van der Waals surface area contributed by atoms with Gasteiger partial charge in [-0.1, -0.05) is 18.2 Å². The number of benzene rings is 2. The number of carbonyl (C=O) groups is 3. The number of ether oxygens (including phenoxy) is 2. The molecule has 3 N–H and O–H groups in total. The van der Waals surface area contributed by atoms with Crippen molar-refractivity contribution in [2.75, 3.05) is 33.2 Å².